The molecule has 0 aromatic heterocycles. The minimum absolute atomic E-state index is 0.0211. The molecule has 29 heavy (non-hydrogen) atoms. The lowest BCUT2D eigenvalue weighted by molar-refractivity contribution is -0.182. The molecular weight excluding hydrogens is 376 g/mol. The summed E-state index contributed by atoms with van der Waals surface area (Å²) in [6.07, 6.45) is 3.63. The summed E-state index contributed by atoms with van der Waals surface area (Å²) in [6.45, 7) is 2.61. The molecule has 1 aliphatic carbocycles. The number of hydrogen-bond donors (Lipinski definition) is 1. The average molecular weight is 402 g/mol. The second-order valence-corrected chi connectivity index (χ2v) is 8.14. The summed E-state index contributed by atoms with van der Waals surface area (Å²) in [5, 5.41) is 3.13. The number of carbonyl (C=O) groups is 2. The normalized spacial score (nSPS) is 28.0. The van der Waals surface area contributed by atoms with Crippen LogP contribution in [0.2, 0.25) is 0 Å². The van der Waals surface area contributed by atoms with E-state index in [1.807, 2.05) is 18.2 Å². The molecule has 2 saturated heterocycles. The largest absolute Gasteiger partial charge is 0.486 e. The van der Waals surface area contributed by atoms with Crippen molar-refractivity contribution in [3.63, 3.8) is 0 Å². The van der Waals surface area contributed by atoms with Gasteiger partial charge in [-0.1, -0.05) is 0 Å². The summed E-state index contributed by atoms with van der Waals surface area (Å²) in [6, 6.07) is 5.48. The molecule has 156 valence electrons. The highest BCUT2D eigenvalue weighted by atomic mass is 16.7. The lowest BCUT2D eigenvalue weighted by Crippen LogP contribution is -2.48. The van der Waals surface area contributed by atoms with E-state index in [-0.39, 0.29) is 30.2 Å². The predicted molar refractivity (Wildman–Crippen MR) is 103 cm³/mol. The molecule has 8 nitrogen and oxygen atoms in total. The molecule has 1 spiro atoms. The van der Waals surface area contributed by atoms with Crippen molar-refractivity contribution < 1.29 is 28.5 Å². The van der Waals surface area contributed by atoms with E-state index in [1.54, 1.807) is 4.90 Å². The molecule has 0 unspecified atom stereocenters. The summed E-state index contributed by atoms with van der Waals surface area (Å²) in [7, 11) is 0. The topological polar surface area (TPSA) is 86.3 Å². The van der Waals surface area contributed by atoms with E-state index in [1.165, 1.54) is 0 Å². The van der Waals surface area contributed by atoms with Crippen molar-refractivity contribution in [2.24, 2.45) is 5.92 Å². The van der Waals surface area contributed by atoms with Crippen molar-refractivity contribution in [2.75, 3.05) is 37.9 Å². The molecule has 2 amide bonds. The number of anilines is 1. The lowest BCUT2D eigenvalue weighted by atomic mass is 9.89. The number of benzene rings is 1. The van der Waals surface area contributed by atoms with Crippen LogP contribution in [-0.2, 0) is 19.1 Å². The molecule has 0 bridgehead atoms. The van der Waals surface area contributed by atoms with Gasteiger partial charge >= 0.3 is 0 Å². The fourth-order valence-corrected chi connectivity index (χ4v) is 4.73. The second-order valence-electron chi connectivity index (χ2n) is 8.14. The number of ether oxygens (including phenoxy) is 4. The summed E-state index contributed by atoms with van der Waals surface area (Å²) in [5.41, 5.74) is 0.735. The highest BCUT2D eigenvalue weighted by Gasteiger charge is 2.43. The minimum Gasteiger partial charge on any atom is -0.486 e. The average Bonchev–Trinajstić information content (AvgIpc) is 3.34. The van der Waals surface area contributed by atoms with Gasteiger partial charge in [-0.25, -0.2) is 0 Å². The maximum atomic E-state index is 12.9. The zero-order chi connectivity index (χ0) is 19.8. The van der Waals surface area contributed by atoms with E-state index in [9.17, 15) is 9.59 Å². The van der Waals surface area contributed by atoms with Crippen LogP contribution < -0.4 is 19.7 Å². The number of hydrogen-bond acceptors (Lipinski definition) is 6. The predicted octanol–water partition coefficient (Wildman–Crippen LogP) is 1.61. The van der Waals surface area contributed by atoms with Gasteiger partial charge in [-0.2, -0.15) is 0 Å². The first-order valence-electron chi connectivity index (χ1n) is 10.4. The number of nitrogens with one attached hydrogen (secondary N) is 1. The first-order valence-corrected chi connectivity index (χ1v) is 10.4. The number of nitrogens with zero attached hydrogens (tertiary/aromatic N) is 1. The molecule has 4 aliphatic rings. The van der Waals surface area contributed by atoms with E-state index in [4.69, 9.17) is 18.9 Å². The highest BCUT2D eigenvalue weighted by molar-refractivity contribution is 6.00. The molecule has 1 aromatic carbocycles. The third kappa shape index (κ3) is 3.67. The Balaban J connectivity index is 1.22. The van der Waals surface area contributed by atoms with Crippen molar-refractivity contribution in [3.8, 4) is 11.5 Å². The van der Waals surface area contributed by atoms with Crippen LogP contribution in [0, 0.1) is 5.92 Å². The molecular formula is C21H26N2O6. The van der Waals surface area contributed by atoms with Crippen LogP contribution in [0.1, 0.15) is 32.1 Å². The fourth-order valence-electron chi connectivity index (χ4n) is 4.73. The van der Waals surface area contributed by atoms with Crippen LogP contribution >= 0.6 is 0 Å². The Hall–Kier alpha value is -2.32. The molecule has 0 radical (unpaired) electrons. The maximum Gasteiger partial charge on any atom is 0.227 e. The molecule has 3 aliphatic heterocycles. The van der Waals surface area contributed by atoms with Gasteiger partial charge in [0.05, 0.1) is 19.1 Å². The zero-order valence-electron chi connectivity index (χ0n) is 16.4. The van der Waals surface area contributed by atoms with E-state index in [0.29, 0.717) is 50.9 Å². The molecule has 3 heterocycles. The number of fused-ring (bicyclic) bond motifs is 1. The van der Waals surface area contributed by atoms with Gasteiger partial charge in [0.1, 0.15) is 13.2 Å². The van der Waals surface area contributed by atoms with E-state index in [0.717, 1.165) is 24.9 Å². The number of amides is 2. The summed E-state index contributed by atoms with van der Waals surface area (Å²) < 4.78 is 22.7. The summed E-state index contributed by atoms with van der Waals surface area (Å²) in [5.74, 6) is 0.308. The van der Waals surface area contributed by atoms with Crippen molar-refractivity contribution in [3.05, 3.63) is 18.2 Å². The third-order valence-corrected chi connectivity index (χ3v) is 6.16. The standard InChI is InChI=1S/C21H26N2O6/c24-19-10-14(13-23(19)16-3-4-17-18(11-16)27-7-6-26-17)20(25)22-15-2-1-5-21(12-15)28-8-9-29-21/h3-4,11,14-15H,1-2,5-10,12-13H2,(H,22,25)/t14-,15+/m1/s1. The Labute approximate surface area is 169 Å². The lowest BCUT2D eigenvalue weighted by Gasteiger charge is -2.36. The van der Waals surface area contributed by atoms with Gasteiger partial charge in [-0.3, -0.25) is 9.59 Å². The number of carbonyl (C=O) groups excluding carboxylic acids is 2. The van der Waals surface area contributed by atoms with Crippen LogP contribution in [0.3, 0.4) is 0 Å². The Morgan fingerprint density at radius 1 is 1.10 bits per heavy atom. The smallest absolute Gasteiger partial charge is 0.227 e. The van der Waals surface area contributed by atoms with Crippen LogP contribution in [0.25, 0.3) is 0 Å². The molecule has 1 saturated carbocycles. The van der Waals surface area contributed by atoms with Crippen LogP contribution in [0.5, 0.6) is 11.5 Å². The monoisotopic (exact) mass is 402 g/mol. The Morgan fingerprint density at radius 2 is 1.90 bits per heavy atom. The van der Waals surface area contributed by atoms with E-state index < -0.39 is 5.79 Å². The Morgan fingerprint density at radius 3 is 2.72 bits per heavy atom. The van der Waals surface area contributed by atoms with Crippen LogP contribution in [0.15, 0.2) is 18.2 Å². The van der Waals surface area contributed by atoms with Gasteiger partial charge in [0.2, 0.25) is 11.8 Å². The molecule has 8 heteroatoms. The Bertz CT molecular complexity index is 806. The second kappa shape index (κ2) is 7.50. The van der Waals surface area contributed by atoms with Crippen molar-refractivity contribution >= 4 is 17.5 Å². The summed E-state index contributed by atoms with van der Waals surface area (Å²) >= 11 is 0. The van der Waals surface area contributed by atoms with E-state index in [2.05, 4.69) is 5.32 Å². The molecule has 3 fully saturated rings. The fraction of sp³-hybridized carbons (Fsp3) is 0.619. The quantitative estimate of drug-likeness (QED) is 0.827. The van der Waals surface area contributed by atoms with Crippen molar-refractivity contribution in [2.45, 2.75) is 43.9 Å². The van der Waals surface area contributed by atoms with Gasteiger partial charge in [0.15, 0.2) is 17.3 Å². The van der Waals surface area contributed by atoms with Gasteiger partial charge in [0.25, 0.3) is 0 Å². The summed E-state index contributed by atoms with van der Waals surface area (Å²) in [4.78, 5) is 27.1. The first-order chi connectivity index (χ1) is 14.1. The molecule has 1 aromatic rings. The highest BCUT2D eigenvalue weighted by Crippen LogP contribution is 2.37. The Kier molecular flexibility index (Phi) is 4.83. The first kappa shape index (κ1) is 18.7. The van der Waals surface area contributed by atoms with Gasteiger partial charge in [-0.15, -0.1) is 0 Å². The van der Waals surface area contributed by atoms with Crippen molar-refractivity contribution in [1.82, 2.24) is 5.32 Å². The molecule has 5 rings (SSSR count). The maximum absolute atomic E-state index is 12.9. The zero-order valence-corrected chi connectivity index (χ0v) is 16.4. The number of rotatable bonds is 3. The SMILES string of the molecule is O=C(N[C@H]1CCCC2(C1)OCCO2)[C@@H]1CC(=O)N(c2ccc3c(c2)OCCO3)C1. The van der Waals surface area contributed by atoms with Gasteiger partial charge in [-0.05, 0) is 25.0 Å². The van der Waals surface area contributed by atoms with Gasteiger partial charge in [0, 0.05) is 43.6 Å². The van der Waals surface area contributed by atoms with E-state index >= 15 is 0 Å². The molecule has 2 atom stereocenters. The van der Waals surface area contributed by atoms with Crippen LogP contribution in [0.4, 0.5) is 5.69 Å². The van der Waals surface area contributed by atoms with Crippen LogP contribution in [-0.4, -0.2) is 56.6 Å². The molecule has 1 N–H and O–H groups in total. The third-order valence-electron chi connectivity index (χ3n) is 6.16. The van der Waals surface area contributed by atoms with Crippen molar-refractivity contribution in [1.29, 1.82) is 0 Å². The minimum atomic E-state index is -0.529. The van der Waals surface area contributed by atoms with Gasteiger partial charge < -0.3 is 29.2 Å².